The molecule has 0 bridgehead atoms. The number of aryl methyl sites for hydroxylation is 1. The van der Waals surface area contributed by atoms with Crippen LogP contribution in [0.5, 0.6) is 0 Å². The van der Waals surface area contributed by atoms with Crippen molar-refractivity contribution in [2.24, 2.45) is 7.05 Å². The average molecular weight is 575 g/mol. The van der Waals surface area contributed by atoms with Crippen LogP contribution in [-0.4, -0.2) is 20.0 Å². The molecule has 218 valence electrons. The summed E-state index contributed by atoms with van der Waals surface area (Å²) in [7, 11) is 1.66. The van der Waals surface area contributed by atoms with Crippen LogP contribution in [0.4, 0.5) is 22.9 Å². The Kier molecular flexibility index (Phi) is 7.74. The van der Waals surface area contributed by atoms with E-state index in [1.807, 2.05) is 49.4 Å². The maximum Gasteiger partial charge on any atom is 0.293 e. The van der Waals surface area contributed by atoms with Gasteiger partial charge in [0.25, 0.3) is 11.5 Å². The van der Waals surface area contributed by atoms with Gasteiger partial charge in [-0.15, -0.1) is 0 Å². The number of aromatic nitrogens is 3. The molecule has 2 heterocycles. The molecule has 3 aromatic carbocycles. The third-order valence-corrected chi connectivity index (χ3v) is 7.31. The first-order valence-electron chi connectivity index (χ1n) is 13.9. The summed E-state index contributed by atoms with van der Waals surface area (Å²) in [5, 5.41) is 6.12. The highest BCUT2D eigenvalue weighted by Crippen LogP contribution is 2.29. The second kappa shape index (κ2) is 11.4. The van der Waals surface area contributed by atoms with Gasteiger partial charge in [-0.3, -0.25) is 14.4 Å². The number of benzene rings is 3. The lowest BCUT2D eigenvalue weighted by molar-refractivity contribution is 0.102. The average Bonchev–Trinajstić information content (AvgIpc) is 2.97. The quantitative estimate of drug-likeness (QED) is 0.221. The van der Waals surface area contributed by atoms with Gasteiger partial charge in [0.05, 0.1) is 17.1 Å². The molecular weight excluding hydrogens is 540 g/mol. The number of nitrogens with zero attached hydrogens (tertiary/aromatic N) is 3. The molecule has 0 aliphatic rings. The van der Waals surface area contributed by atoms with Crippen molar-refractivity contribution in [1.82, 2.24) is 14.1 Å². The van der Waals surface area contributed by atoms with E-state index < -0.39 is 0 Å². The molecule has 0 saturated carbocycles. The number of nitrogens with one attached hydrogen (secondary N) is 2. The van der Waals surface area contributed by atoms with Gasteiger partial charge in [0.15, 0.2) is 11.2 Å². The van der Waals surface area contributed by atoms with Crippen LogP contribution in [0.2, 0.25) is 0 Å². The largest absolute Gasteiger partial charge is 0.397 e. The zero-order chi connectivity index (χ0) is 30.9. The topological polar surface area (TPSA) is 124 Å². The molecule has 9 nitrogen and oxygen atoms in total. The van der Waals surface area contributed by atoms with Gasteiger partial charge in [-0.2, -0.15) is 0 Å². The maximum absolute atomic E-state index is 13.1. The molecular formula is C34H34N6O3. The second-order valence-electron chi connectivity index (χ2n) is 11.5. The summed E-state index contributed by atoms with van der Waals surface area (Å²) in [6, 6.07) is 21.4. The van der Waals surface area contributed by atoms with Crippen LogP contribution in [0.3, 0.4) is 0 Å². The van der Waals surface area contributed by atoms with Gasteiger partial charge in [-0.25, -0.2) is 4.98 Å². The predicted molar refractivity (Wildman–Crippen MR) is 172 cm³/mol. The van der Waals surface area contributed by atoms with Crippen LogP contribution >= 0.6 is 0 Å². The number of pyridine rings is 1. The number of rotatable bonds is 6. The third-order valence-electron chi connectivity index (χ3n) is 7.31. The monoisotopic (exact) mass is 574 g/mol. The summed E-state index contributed by atoms with van der Waals surface area (Å²) in [4.78, 5) is 42.2. The summed E-state index contributed by atoms with van der Waals surface area (Å²) in [5.41, 5.74) is 12.1. The zero-order valence-electron chi connectivity index (χ0n) is 24.8. The lowest BCUT2D eigenvalue weighted by atomic mass is 9.86. The number of hydrogen-bond donors (Lipinski definition) is 3. The third kappa shape index (κ3) is 6.25. The first-order chi connectivity index (χ1) is 20.4. The SMILES string of the molecule is Cc1c(NC(=O)c2ccc(C(C)(C)C)cc2)cccc1-c1cn(C)c(=O)c(Nc2ccc(-n3ccc(=O)cc3)c(N)c2)n1. The molecule has 43 heavy (non-hydrogen) atoms. The highest BCUT2D eigenvalue weighted by atomic mass is 16.1. The molecule has 0 radical (unpaired) electrons. The fourth-order valence-corrected chi connectivity index (χ4v) is 4.76. The van der Waals surface area contributed by atoms with Crippen molar-refractivity contribution in [3.8, 4) is 16.9 Å². The highest BCUT2D eigenvalue weighted by Gasteiger charge is 2.17. The van der Waals surface area contributed by atoms with E-state index in [1.54, 1.807) is 48.4 Å². The van der Waals surface area contributed by atoms with E-state index in [0.29, 0.717) is 34.0 Å². The number of anilines is 4. The molecule has 0 spiro atoms. The molecule has 0 atom stereocenters. The number of nitrogens with two attached hydrogens (primary N) is 1. The Balaban J connectivity index is 1.41. The fourth-order valence-electron chi connectivity index (χ4n) is 4.76. The number of hydrogen-bond acceptors (Lipinski definition) is 6. The van der Waals surface area contributed by atoms with E-state index in [2.05, 4.69) is 36.4 Å². The van der Waals surface area contributed by atoms with Gasteiger partial charge in [0.2, 0.25) is 0 Å². The van der Waals surface area contributed by atoms with Crippen molar-refractivity contribution in [2.75, 3.05) is 16.4 Å². The van der Waals surface area contributed by atoms with Crippen molar-refractivity contribution in [1.29, 1.82) is 0 Å². The minimum absolute atomic E-state index is 0.00253. The second-order valence-corrected chi connectivity index (χ2v) is 11.5. The summed E-state index contributed by atoms with van der Waals surface area (Å²) >= 11 is 0. The Labute approximate surface area is 249 Å². The van der Waals surface area contributed by atoms with E-state index >= 15 is 0 Å². The zero-order valence-corrected chi connectivity index (χ0v) is 24.8. The number of nitrogen functional groups attached to an aromatic ring is 1. The molecule has 0 unspecified atom stereocenters. The Morgan fingerprint density at radius 1 is 0.930 bits per heavy atom. The Morgan fingerprint density at radius 3 is 2.28 bits per heavy atom. The van der Waals surface area contributed by atoms with E-state index in [9.17, 15) is 14.4 Å². The molecule has 0 saturated heterocycles. The van der Waals surface area contributed by atoms with Crippen LogP contribution in [0.25, 0.3) is 16.9 Å². The number of carbonyl (C=O) groups excluding carboxylic acids is 1. The van der Waals surface area contributed by atoms with Gasteiger partial charge in [-0.1, -0.05) is 45.0 Å². The predicted octanol–water partition coefficient (Wildman–Crippen LogP) is 5.78. The molecule has 9 heteroatoms. The summed E-state index contributed by atoms with van der Waals surface area (Å²) in [6.45, 7) is 8.30. The van der Waals surface area contributed by atoms with E-state index in [1.165, 1.54) is 16.7 Å². The lowest BCUT2D eigenvalue weighted by Crippen LogP contribution is -2.21. The summed E-state index contributed by atoms with van der Waals surface area (Å²) < 4.78 is 3.21. The molecule has 5 rings (SSSR count). The van der Waals surface area contributed by atoms with E-state index in [0.717, 1.165) is 16.7 Å². The van der Waals surface area contributed by atoms with Crippen LogP contribution in [-0.2, 0) is 12.5 Å². The Morgan fingerprint density at radius 2 is 1.63 bits per heavy atom. The van der Waals surface area contributed by atoms with Gasteiger partial charge >= 0.3 is 0 Å². The molecule has 2 aromatic heterocycles. The minimum atomic E-state index is -0.312. The number of amides is 1. The van der Waals surface area contributed by atoms with Crippen molar-refractivity contribution in [2.45, 2.75) is 33.1 Å². The molecule has 5 aromatic rings. The van der Waals surface area contributed by atoms with Gasteiger partial charge in [0.1, 0.15) is 0 Å². The molecule has 0 aliphatic heterocycles. The smallest absolute Gasteiger partial charge is 0.293 e. The molecule has 4 N–H and O–H groups in total. The summed E-state index contributed by atoms with van der Waals surface area (Å²) in [5.74, 6) is -0.0806. The van der Waals surface area contributed by atoms with Crippen LogP contribution < -0.4 is 27.4 Å². The van der Waals surface area contributed by atoms with E-state index in [4.69, 9.17) is 5.73 Å². The first-order valence-corrected chi connectivity index (χ1v) is 13.9. The van der Waals surface area contributed by atoms with Gasteiger partial charge in [-0.05, 0) is 59.9 Å². The van der Waals surface area contributed by atoms with Crippen molar-refractivity contribution in [3.05, 3.63) is 129 Å². The molecule has 0 fully saturated rings. The molecule has 0 aliphatic carbocycles. The van der Waals surface area contributed by atoms with Crippen molar-refractivity contribution in [3.63, 3.8) is 0 Å². The van der Waals surface area contributed by atoms with Crippen LogP contribution in [0.1, 0.15) is 42.3 Å². The standard InChI is InChI=1S/C34H34N6O3/c1-21-26(7-6-8-28(21)38-32(42)22-9-11-23(12-10-22)34(2,3)4)29-20-39(5)33(43)31(37-29)36-24-13-14-30(27(35)19-24)40-17-15-25(41)16-18-40/h6-20H,35H2,1-5H3,(H,36,37)(H,38,42). The fraction of sp³-hybridized carbons (Fsp3) is 0.176. The normalized spacial score (nSPS) is 11.3. The van der Waals surface area contributed by atoms with Crippen molar-refractivity contribution < 1.29 is 4.79 Å². The highest BCUT2D eigenvalue weighted by molar-refractivity contribution is 6.05. The Hall–Kier alpha value is -5.44. The van der Waals surface area contributed by atoms with E-state index in [-0.39, 0.29) is 28.1 Å². The van der Waals surface area contributed by atoms with Crippen LogP contribution in [0, 0.1) is 6.92 Å². The lowest BCUT2D eigenvalue weighted by Gasteiger charge is -2.19. The first kappa shape index (κ1) is 29.1. The van der Waals surface area contributed by atoms with Gasteiger partial charge in [0, 0.05) is 60.3 Å². The molecule has 1 amide bonds. The minimum Gasteiger partial charge on any atom is -0.397 e. The summed E-state index contributed by atoms with van der Waals surface area (Å²) in [6.07, 6.45) is 4.95. The van der Waals surface area contributed by atoms with Gasteiger partial charge < -0.3 is 25.5 Å². The number of carbonyl (C=O) groups is 1. The maximum atomic E-state index is 13.1. The Bertz CT molecular complexity index is 1930. The van der Waals surface area contributed by atoms with Crippen molar-refractivity contribution >= 4 is 28.8 Å². The van der Waals surface area contributed by atoms with Crippen LogP contribution in [0.15, 0.2) is 101 Å².